The number of rotatable bonds is 10. The lowest BCUT2D eigenvalue weighted by atomic mass is 9.89. The average Bonchev–Trinajstić information content (AvgIpc) is 2.85. The van der Waals surface area contributed by atoms with Crippen LogP contribution in [0.1, 0.15) is 35.1 Å². The molecule has 2 aromatic carbocycles. The minimum Gasteiger partial charge on any atom is -0.482 e. The molecule has 1 aromatic heterocycles. The van der Waals surface area contributed by atoms with Crippen molar-refractivity contribution in [3.8, 4) is 5.75 Å². The molecule has 0 atom stereocenters. The number of fused-ring (bicyclic) bond motifs is 1. The predicted molar refractivity (Wildman–Crippen MR) is 128 cm³/mol. The van der Waals surface area contributed by atoms with Crippen molar-refractivity contribution in [1.82, 2.24) is 10.5 Å². The zero-order valence-electron chi connectivity index (χ0n) is 18.2. The number of aliphatic carboxylic acids is 1. The summed E-state index contributed by atoms with van der Waals surface area (Å²) >= 11 is 0. The van der Waals surface area contributed by atoms with Crippen LogP contribution in [0.15, 0.2) is 79.1 Å². The number of nitrogens with one attached hydrogen (secondary N) is 1. The number of hydrogen-bond acceptors (Lipinski definition) is 5. The zero-order chi connectivity index (χ0) is 22.9. The van der Waals surface area contributed by atoms with Gasteiger partial charge in [-0.25, -0.2) is 4.79 Å². The number of ether oxygens (including phenoxy) is 1. The number of carboxylic acids is 1. The van der Waals surface area contributed by atoms with E-state index in [0.717, 1.165) is 47.2 Å². The molecule has 1 heterocycles. The van der Waals surface area contributed by atoms with E-state index in [0.29, 0.717) is 12.4 Å². The highest BCUT2D eigenvalue weighted by molar-refractivity contribution is 5.79. The molecule has 0 unspecified atom stereocenters. The first kappa shape index (κ1) is 22.3. The van der Waals surface area contributed by atoms with Gasteiger partial charge < -0.3 is 9.84 Å². The minimum atomic E-state index is -0.979. The van der Waals surface area contributed by atoms with E-state index in [1.165, 1.54) is 5.57 Å². The lowest BCUT2D eigenvalue weighted by molar-refractivity contribution is -0.139. The van der Waals surface area contributed by atoms with Gasteiger partial charge in [0.1, 0.15) is 5.75 Å². The fourth-order valence-corrected chi connectivity index (χ4v) is 3.84. The van der Waals surface area contributed by atoms with Gasteiger partial charge >= 0.3 is 5.97 Å². The van der Waals surface area contributed by atoms with Crippen molar-refractivity contribution < 1.29 is 19.5 Å². The van der Waals surface area contributed by atoms with Crippen LogP contribution >= 0.6 is 0 Å². The second-order valence-electron chi connectivity index (χ2n) is 7.64. The van der Waals surface area contributed by atoms with Gasteiger partial charge in [-0.3, -0.25) is 15.3 Å². The molecule has 0 saturated carbocycles. The monoisotopic (exact) mass is 442 g/mol. The highest BCUT2D eigenvalue weighted by Gasteiger charge is 2.17. The standard InChI is InChI=1S/C27H26N2O4/c30-27(31)19-32-26-13-5-11-23-21(10-4-12-24(23)26)14-16-33-29-25(22-8-2-1-3-9-22)17-20-7-6-15-28-18-20/h1-3,5-11,13,15,17-18,29H,4,12,14,16,19H2,(H,30,31). The summed E-state index contributed by atoms with van der Waals surface area (Å²) in [6.45, 7) is 0.136. The Bertz CT molecular complexity index is 1140. The van der Waals surface area contributed by atoms with Gasteiger partial charge in [0.15, 0.2) is 6.61 Å². The van der Waals surface area contributed by atoms with E-state index in [-0.39, 0.29) is 6.61 Å². The van der Waals surface area contributed by atoms with E-state index in [2.05, 4.69) is 22.6 Å². The highest BCUT2D eigenvalue weighted by atomic mass is 16.6. The largest absolute Gasteiger partial charge is 0.482 e. The van der Waals surface area contributed by atoms with E-state index in [1.807, 2.05) is 60.7 Å². The Morgan fingerprint density at radius 1 is 1.09 bits per heavy atom. The van der Waals surface area contributed by atoms with Gasteiger partial charge in [0.2, 0.25) is 0 Å². The molecule has 33 heavy (non-hydrogen) atoms. The summed E-state index contributed by atoms with van der Waals surface area (Å²) in [4.78, 5) is 20.9. The van der Waals surface area contributed by atoms with E-state index in [9.17, 15) is 4.79 Å². The van der Waals surface area contributed by atoms with Gasteiger partial charge in [-0.2, -0.15) is 0 Å². The lowest BCUT2D eigenvalue weighted by Crippen LogP contribution is -2.15. The van der Waals surface area contributed by atoms with Crippen LogP contribution in [-0.4, -0.2) is 29.3 Å². The van der Waals surface area contributed by atoms with Crippen LogP contribution in [0.2, 0.25) is 0 Å². The molecular weight excluding hydrogens is 416 g/mol. The van der Waals surface area contributed by atoms with Crippen molar-refractivity contribution in [2.45, 2.75) is 19.3 Å². The van der Waals surface area contributed by atoms with Crippen molar-refractivity contribution in [2.75, 3.05) is 13.2 Å². The van der Waals surface area contributed by atoms with Crippen LogP contribution in [0.4, 0.5) is 0 Å². The molecule has 1 aliphatic rings. The molecule has 4 rings (SSSR count). The Labute approximate surface area is 193 Å². The van der Waals surface area contributed by atoms with Crippen LogP contribution in [0.3, 0.4) is 0 Å². The molecule has 6 nitrogen and oxygen atoms in total. The molecular formula is C27H26N2O4. The molecule has 0 aliphatic heterocycles. The van der Waals surface area contributed by atoms with Crippen LogP contribution in [0.5, 0.6) is 5.75 Å². The fraction of sp³-hybridized carbons (Fsp3) is 0.185. The van der Waals surface area contributed by atoms with Crippen LogP contribution in [0.25, 0.3) is 17.3 Å². The molecule has 0 amide bonds. The Hall–Kier alpha value is -3.90. The maximum absolute atomic E-state index is 10.9. The lowest BCUT2D eigenvalue weighted by Gasteiger charge is -2.21. The van der Waals surface area contributed by atoms with E-state index in [4.69, 9.17) is 14.7 Å². The first-order valence-corrected chi connectivity index (χ1v) is 10.9. The van der Waals surface area contributed by atoms with Crippen LogP contribution < -0.4 is 10.2 Å². The number of aromatic nitrogens is 1. The summed E-state index contributed by atoms with van der Waals surface area (Å²) in [6, 6.07) is 19.7. The molecule has 0 spiro atoms. The van der Waals surface area contributed by atoms with Crippen molar-refractivity contribution in [3.63, 3.8) is 0 Å². The van der Waals surface area contributed by atoms with Crippen molar-refractivity contribution in [1.29, 1.82) is 0 Å². The molecule has 6 heteroatoms. The number of pyridine rings is 1. The molecule has 0 fully saturated rings. The summed E-state index contributed by atoms with van der Waals surface area (Å²) in [5.41, 5.74) is 9.29. The molecule has 0 radical (unpaired) electrons. The molecule has 0 saturated heterocycles. The molecule has 168 valence electrons. The maximum atomic E-state index is 10.9. The normalized spacial score (nSPS) is 13.1. The first-order chi connectivity index (χ1) is 16.2. The third kappa shape index (κ3) is 6.08. The molecule has 2 N–H and O–H groups in total. The third-order valence-electron chi connectivity index (χ3n) is 5.35. The predicted octanol–water partition coefficient (Wildman–Crippen LogP) is 4.98. The Morgan fingerprint density at radius 3 is 2.76 bits per heavy atom. The van der Waals surface area contributed by atoms with E-state index >= 15 is 0 Å². The van der Waals surface area contributed by atoms with Crippen molar-refractivity contribution in [3.05, 3.63) is 101 Å². The smallest absolute Gasteiger partial charge is 0.341 e. The SMILES string of the molecule is O=C(O)COc1cccc2c1CCC=C2CCONC(=Cc1cccnc1)c1ccccc1. The summed E-state index contributed by atoms with van der Waals surface area (Å²) in [5.74, 6) is -0.336. The van der Waals surface area contributed by atoms with Gasteiger partial charge in [0.25, 0.3) is 0 Å². The topological polar surface area (TPSA) is 80.7 Å². The molecule has 0 bridgehead atoms. The number of carbonyl (C=O) groups is 1. The Balaban J connectivity index is 1.41. The minimum absolute atomic E-state index is 0.339. The Kier molecular flexibility index (Phi) is 7.51. The van der Waals surface area contributed by atoms with Crippen molar-refractivity contribution >= 4 is 23.3 Å². The Morgan fingerprint density at radius 2 is 1.97 bits per heavy atom. The van der Waals surface area contributed by atoms with Gasteiger partial charge in [-0.1, -0.05) is 54.6 Å². The molecule has 1 aliphatic carbocycles. The average molecular weight is 443 g/mol. The summed E-state index contributed by atoms with van der Waals surface area (Å²) < 4.78 is 5.49. The maximum Gasteiger partial charge on any atom is 0.341 e. The van der Waals surface area contributed by atoms with Crippen molar-refractivity contribution in [2.24, 2.45) is 0 Å². The highest BCUT2D eigenvalue weighted by Crippen LogP contribution is 2.34. The third-order valence-corrected chi connectivity index (χ3v) is 5.35. The number of carboxylic acid groups (broad SMARTS) is 1. The number of benzene rings is 2. The van der Waals surface area contributed by atoms with Gasteiger partial charge in [-0.15, -0.1) is 0 Å². The van der Waals surface area contributed by atoms with Gasteiger partial charge in [-0.05, 0) is 59.7 Å². The van der Waals surface area contributed by atoms with Gasteiger partial charge in [0, 0.05) is 18.0 Å². The number of hydroxylamine groups is 1. The quantitative estimate of drug-likeness (QED) is 0.340. The van der Waals surface area contributed by atoms with Crippen LogP contribution in [-0.2, 0) is 16.1 Å². The summed E-state index contributed by atoms with van der Waals surface area (Å²) in [6.07, 6.45) is 10.2. The van der Waals surface area contributed by atoms with Gasteiger partial charge in [0.05, 0.1) is 12.3 Å². The second kappa shape index (κ2) is 11.1. The number of allylic oxidation sites excluding steroid dienone is 1. The van der Waals surface area contributed by atoms with E-state index < -0.39 is 5.97 Å². The first-order valence-electron chi connectivity index (χ1n) is 10.9. The number of nitrogens with zero attached hydrogens (tertiary/aromatic N) is 1. The second-order valence-corrected chi connectivity index (χ2v) is 7.64. The zero-order valence-corrected chi connectivity index (χ0v) is 18.2. The fourth-order valence-electron chi connectivity index (χ4n) is 3.84. The summed E-state index contributed by atoms with van der Waals surface area (Å²) in [7, 11) is 0. The number of hydrogen-bond donors (Lipinski definition) is 2. The van der Waals surface area contributed by atoms with Crippen LogP contribution in [0, 0.1) is 0 Å². The summed E-state index contributed by atoms with van der Waals surface area (Å²) in [5, 5.41) is 8.93. The molecule has 3 aromatic rings. The van der Waals surface area contributed by atoms with E-state index in [1.54, 1.807) is 12.4 Å².